The summed E-state index contributed by atoms with van der Waals surface area (Å²) in [5, 5.41) is 10.4. The van der Waals surface area contributed by atoms with Crippen LogP contribution in [0.15, 0.2) is 28.3 Å². The Morgan fingerprint density at radius 2 is 2.09 bits per heavy atom. The van der Waals surface area contributed by atoms with Gasteiger partial charge in [-0.1, -0.05) is 6.07 Å². The van der Waals surface area contributed by atoms with Gasteiger partial charge >= 0.3 is 0 Å². The number of rotatable bonds is 5. The highest BCUT2D eigenvalue weighted by molar-refractivity contribution is 7.20. The second-order valence-corrected chi connectivity index (χ2v) is 7.36. The van der Waals surface area contributed by atoms with Gasteiger partial charge in [0.05, 0.1) is 17.1 Å². The number of aromatic nitrogens is 2. The van der Waals surface area contributed by atoms with Crippen molar-refractivity contribution in [2.75, 3.05) is 19.0 Å². The summed E-state index contributed by atoms with van der Waals surface area (Å²) in [6.07, 6.45) is 0. The van der Waals surface area contributed by atoms with E-state index in [9.17, 15) is 4.79 Å². The molecule has 3 rings (SSSR count). The molecule has 0 aliphatic carbocycles. The van der Waals surface area contributed by atoms with Crippen molar-refractivity contribution < 1.29 is 4.79 Å². The van der Waals surface area contributed by atoms with Crippen molar-refractivity contribution >= 4 is 45.0 Å². The van der Waals surface area contributed by atoms with Gasteiger partial charge in [-0.25, -0.2) is 9.97 Å². The molecule has 0 spiro atoms. The van der Waals surface area contributed by atoms with Crippen molar-refractivity contribution in [3.8, 4) is 9.88 Å². The summed E-state index contributed by atoms with van der Waals surface area (Å²) in [5.41, 5.74) is 1.31. The minimum absolute atomic E-state index is 0.168. The van der Waals surface area contributed by atoms with E-state index in [1.165, 1.54) is 11.3 Å². The minimum atomic E-state index is -0.168. The third-order valence-electron chi connectivity index (χ3n) is 2.82. The number of nitrogens with one attached hydrogen (secondary N) is 1. The molecule has 0 aromatic carbocycles. The lowest BCUT2D eigenvalue weighted by atomic mass is 10.4. The zero-order valence-electron chi connectivity index (χ0n) is 12.1. The normalized spacial score (nSPS) is 10.6. The lowest BCUT2D eigenvalue weighted by molar-refractivity contribution is 0.0946. The van der Waals surface area contributed by atoms with Crippen molar-refractivity contribution in [1.29, 1.82) is 0 Å². The van der Waals surface area contributed by atoms with Crippen molar-refractivity contribution in [3.05, 3.63) is 39.7 Å². The number of hydrogen-bond donors (Lipinski definition) is 1. The van der Waals surface area contributed by atoms with Crippen molar-refractivity contribution in [1.82, 2.24) is 15.3 Å². The zero-order chi connectivity index (χ0) is 15.5. The second-order valence-electron chi connectivity index (χ2n) is 4.71. The first-order valence-electron chi connectivity index (χ1n) is 6.53. The topological polar surface area (TPSA) is 58.1 Å². The smallest absolute Gasteiger partial charge is 0.271 e. The summed E-state index contributed by atoms with van der Waals surface area (Å²) >= 11 is 4.66. The van der Waals surface area contributed by atoms with Crippen molar-refractivity contribution in [3.63, 3.8) is 0 Å². The van der Waals surface area contributed by atoms with Gasteiger partial charge in [-0.15, -0.1) is 34.0 Å². The molecule has 0 saturated carbocycles. The molecule has 0 saturated heterocycles. The van der Waals surface area contributed by atoms with Gasteiger partial charge in [-0.2, -0.15) is 0 Å². The van der Waals surface area contributed by atoms with E-state index in [1.807, 2.05) is 41.9 Å². The molecule has 3 aromatic rings. The van der Waals surface area contributed by atoms with Crippen LogP contribution in [0.4, 0.5) is 5.13 Å². The number of nitrogens with zero attached hydrogens (tertiary/aromatic N) is 3. The molecule has 114 valence electrons. The third-order valence-corrected chi connectivity index (χ3v) is 5.76. The standard InChI is InChI=1S/C14H14N4OS3/c1-18(2)14-16-9(7-22-14)6-15-12(19)10-8-21-13(17-10)11-4-3-5-20-11/h3-5,7-8H,6H2,1-2H3,(H,15,19). The summed E-state index contributed by atoms with van der Waals surface area (Å²) in [7, 11) is 3.89. The Bertz CT molecular complexity index is 761. The van der Waals surface area contributed by atoms with Gasteiger partial charge in [-0.05, 0) is 11.4 Å². The van der Waals surface area contributed by atoms with Crippen LogP contribution in [-0.2, 0) is 6.54 Å². The fourth-order valence-electron chi connectivity index (χ4n) is 1.74. The van der Waals surface area contributed by atoms with Crippen LogP contribution in [0.25, 0.3) is 9.88 Å². The second kappa shape index (κ2) is 6.55. The van der Waals surface area contributed by atoms with Gasteiger partial charge in [0.25, 0.3) is 5.91 Å². The molecule has 0 unspecified atom stereocenters. The number of carbonyl (C=O) groups excluding carboxylic acids is 1. The van der Waals surface area contributed by atoms with E-state index in [2.05, 4.69) is 15.3 Å². The highest BCUT2D eigenvalue weighted by Gasteiger charge is 2.13. The van der Waals surface area contributed by atoms with E-state index in [0.717, 1.165) is 20.7 Å². The molecule has 0 fully saturated rings. The van der Waals surface area contributed by atoms with E-state index < -0.39 is 0 Å². The van der Waals surface area contributed by atoms with E-state index in [1.54, 1.807) is 28.1 Å². The Labute approximate surface area is 140 Å². The maximum absolute atomic E-state index is 12.1. The number of amides is 1. The highest BCUT2D eigenvalue weighted by Crippen LogP contribution is 2.27. The van der Waals surface area contributed by atoms with Gasteiger partial charge in [0.15, 0.2) is 5.13 Å². The molecule has 0 aliphatic rings. The minimum Gasteiger partial charge on any atom is -0.354 e. The molecule has 0 aliphatic heterocycles. The molecule has 22 heavy (non-hydrogen) atoms. The SMILES string of the molecule is CN(C)c1nc(CNC(=O)c2csc(-c3cccs3)n2)cs1. The molecular formula is C14H14N4OS3. The van der Waals surface area contributed by atoms with Gasteiger partial charge < -0.3 is 10.2 Å². The zero-order valence-corrected chi connectivity index (χ0v) is 14.5. The first kappa shape index (κ1) is 15.1. The summed E-state index contributed by atoms with van der Waals surface area (Å²) in [6, 6.07) is 3.98. The van der Waals surface area contributed by atoms with E-state index >= 15 is 0 Å². The fourth-order valence-corrected chi connectivity index (χ4v) is 4.11. The molecule has 3 aromatic heterocycles. The predicted octanol–water partition coefficient (Wildman–Crippen LogP) is 3.32. The van der Waals surface area contributed by atoms with Crippen LogP contribution in [0.2, 0.25) is 0 Å². The summed E-state index contributed by atoms with van der Waals surface area (Å²) in [4.78, 5) is 24.0. The molecule has 5 nitrogen and oxygen atoms in total. The Kier molecular flexibility index (Phi) is 4.51. The van der Waals surface area contributed by atoms with E-state index in [-0.39, 0.29) is 5.91 Å². The van der Waals surface area contributed by atoms with E-state index in [4.69, 9.17) is 0 Å². The molecule has 0 atom stereocenters. The van der Waals surface area contributed by atoms with Crippen LogP contribution in [0.3, 0.4) is 0 Å². The van der Waals surface area contributed by atoms with Gasteiger partial charge in [0.1, 0.15) is 10.7 Å². The highest BCUT2D eigenvalue weighted by atomic mass is 32.1. The lowest BCUT2D eigenvalue weighted by Gasteiger charge is -2.05. The van der Waals surface area contributed by atoms with Crippen LogP contribution in [0, 0.1) is 0 Å². The molecule has 8 heteroatoms. The monoisotopic (exact) mass is 350 g/mol. The van der Waals surface area contributed by atoms with Crippen LogP contribution < -0.4 is 10.2 Å². The van der Waals surface area contributed by atoms with Crippen LogP contribution in [0.5, 0.6) is 0 Å². The maximum Gasteiger partial charge on any atom is 0.271 e. The van der Waals surface area contributed by atoms with Gasteiger partial charge in [0.2, 0.25) is 0 Å². The quantitative estimate of drug-likeness (QED) is 0.767. The number of carbonyl (C=O) groups is 1. The number of anilines is 1. The van der Waals surface area contributed by atoms with Crippen LogP contribution in [0.1, 0.15) is 16.2 Å². The average Bonchev–Trinajstić information content (AvgIpc) is 3.23. The lowest BCUT2D eigenvalue weighted by Crippen LogP contribution is -2.23. The van der Waals surface area contributed by atoms with Gasteiger partial charge in [0, 0.05) is 24.9 Å². The summed E-state index contributed by atoms with van der Waals surface area (Å²) in [6.45, 7) is 0.412. The number of thiazole rings is 2. The summed E-state index contributed by atoms with van der Waals surface area (Å²) in [5.74, 6) is -0.168. The van der Waals surface area contributed by atoms with Crippen molar-refractivity contribution in [2.24, 2.45) is 0 Å². The third kappa shape index (κ3) is 3.34. The molecule has 1 amide bonds. The first-order chi connectivity index (χ1) is 10.6. The largest absolute Gasteiger partial charge is 0.354 e. The Balaban J connectivity index is 1.62. The Morgan fingerprint density at radius 1 is 1.23 bits per heavy atom. The number of hydrogen-bond acceptors (Lipinski definition) is 7. The predicted molar refractivity (Wildman–Crippen MR) is 93.0 cm³/mol. The van der Waals surface area contributed by atoms with Crippen LogP contribution in [-0.4, -0.2) is 30.0 Å². The maximum atomic E-state index is 12.1. The fraction of sp³-hybridized carbons (Fsp3) is 0.214. The molecular weight excluding hydrogens is 336 g/mol. The van der Waals surface area contributed by atoms with Crippen molar-refractivity contribution in [2.45, 2.75) is 6.54 Å². The van der Waals surface area contributed by atoms with Gasteiger partial charge in [-0.3, -0.25) is 4.79 Å². The molecule has 0 radical (unpaired) electrons. The molecule has 1 N–H and O–H groups in total. The Morgan fingerprint density at radius 3 is 2.77 bits per heavy atom. The number of thiophene rings is 1. The molecule has 0 bridgehead atoms. The van der Waals surface area contributed by atoms with E-state index in [0.29, 0.717) is 12.2 Å². The summed E-state index contributed by atoms with van der Waals surface area (Å²) < 4.78 is 0. The Hall–Kier alpha value is -1.77. The van der Waals surface area contributed by atoms with Crippen LogP contribution >= 0.6 is 34.0 Å². The molecule has 3 heterocycles. The average molecular weight is 350 g/mol. The first-order valence-corrected chi connectivity index (χ1v) is 9.16.